The highest BCUT2D eigenvalue weighted by Crippen LogP contribution is 2.15. The highest BCUT2D eigenvalue weighted by atomic mass is 35.5. The average molecular weight is 238 g/mol. The highest BCUT2D eigenvalue weighted by Gasteiger charge is 2.08. The predicted molar refractivity (Wildman–Crippen MR) is 60.9 cm³/mol. The van der Waals surface area contributed by atoms with E-state index in [1.165, 1.54) is 18.3 Å². The van der Waals surface area contributed by atoms with Gasteiger partial charge in [-0.2, -0.15) is 9.78 Å². The lowest BCUT2D eigenvalue weighted by Gasteiger charge is -2.05. The maximum absolute atomic E-state index is 11.7. The zero-order valence-corrected chi connectivity index (χ0v) is 8.85. The van der Waals surface area contributed by atoms with Gasteiger partial charge in [0.05, 0.1) is 17.6 Å². The number of nitrogen functional groups attached to an aromatic ring is 1. The van der Waals surface area contributed by atoms with E-state index in [1.54, 1.807) is 12.1 Å². The minimum Gasteiger partial charge on any atom is -0.508 e. The fourth-order valence-electron chi connectivity index (χ4n) is 1.25. The second kappa shape index (κ2) is 3.86. The highest BCUT2D eigenvalue weighted by molar-refractivity contribution is 6.32. The molecule has 0 bridgehead atoms. The first-order valence-electron chi connectivity index (χ1n) is 4.42. The van der Waals surface area contributed by atoms with Crippen molar-refractivity contribution < 1.29 is 5.11 Å². The molecule has 6 heteroatoms. The number of phenols is 1. The molecule has 1 heterocycles. The number of hydrogen-bond donors (Lipinski definition) is 2. The van der Waals surface area contributed by atoms with E-state index >= 15 is 0 Å². The average Bonchev–Trinajstić information content (AvgIpc) is 2.26. The smallest absolute Gasteiger partial charge is 0.292 e. The number of nitrogens with two attached hydrogens (primary N) is 1. The Morgan fingerprint density at radius 2 is 2.19 bits per heavy atom. The Morgan fingerprint density at radius 1 is 1.44 bits per heavy atom. The molecule has 0 saturated heterocycles. The Balaban J connectivity index is 2.66. The van der Waals surface area contributed by atoms with E-state index in [0.29, 0.717) is 5.69 Å². The summed E-state index contributed by atoms with van der Waals surface area (Å²) in [6, 6.07) is 6.12. The van der Waals surface area contributed by atoms with Crippen molar-refractivity contribution in [3.05, 3.63) is 45.8 Å². The molecule has 1 aromatic carbocycles. The largest absolute Gasteiger partial charge is 0.508 e. The van der Waals surface area contributed by atoms with Crippen molar-refractivity contribution in [1.82, 2.24) is 9.78 Å². The second-order valence-corrected chi connectivity index (χ2v) is 3.53. The maximum atomic E-state index is 11.7. The normalized spacial score (nSPS) is 10.3. The first-order valence-corrected chi connectivity index (χ1v) is 4.80. The molecule has 2 rings (SSSR count). The molecule has 0 fully saturated rings. The molecule has 0 amide bonds. The van der Waals surface area contributed by atoms with Gasteiger partial charge in [0, 0.05) is 6.07 Å². The van der Waals surface area contributed by atoms with E-state index in [0.717, 1.165) is 4.68 Å². The Labute approximate surface area is 95.7 Å². The van der Waals surface area contributed by atoms with Gasteiger partial charge in [-0.25, -0.2) is 0 Å². The van der Waals surface area contributed by atoms with Crippen molar-refractivity contribution in [2.24, 2.45) is 0 Å². The van der Waals surface area contributed by atoms with Crippen molar-refractivity contribution in [2.45, 2.75) is 0 Å². The van der Waals surface area contributed by atoms with Gasteiger partial charge in [0.2, 0.25) is 0 Å². The van der Waals surface area contributed by atoms with Crippen LogP contribution in [-0.2, 0) is 0 Å². The maximum Gasteiger partial charge on any atom is 0.292 e. The molecule has 0 spiro atoms. The van der Waals surface area contributed by atoms with Crippen LogP contribution in [0.15, 0.2) is 35.3 Å². The van der Waals surface area contributed by atoms with Gasteiger partial charge in [0.1, 0.15) is 10.8 Å². The Kier molecular flexibility index (Phi) is 2.54. The van der Waals surface area contributed by atoms with Gasteiger partial charge in [-0.3, -0.25) is 4.79 Å². The van der Waals surface area contributed by atoms with Gasteiger partial charge in [-0.05, 0) is 12.1 Å². The van der Waals surface area contributed by atoms with Gasteiger partial charge in [0.15, 0.2) is 0 Å². The number of nitrogens with zero attached hydrogens (tertiary/aromatic N) is 2. The lowest BCUT2D eigenvalue weighted by molar-refractivity contribution is 0.474. The van der Waals surface area contributed by atoms with Gasteiger partial charge < -0.3 is 10.8 Å². The van der Waals surface area contributed by atoms with Gasteiger partial charge in [0.25, 0.3) is 5.56 Å². The van der Waals surface area contributed by atoms with Crippen LogP contribution < -0.4 is 11.3 Å². The number of aromatic hydroxyl groups is 1. The third-order valence-electron chi connectivity index (χ3n) is 2.02. The zero-order valence-electron chi connectivity index (χ0n) is 8.09. The summed E-state index contributed by atoms with van der Waals surface area (Å²) in [6.07, 6.45) is 1.29. The molecule has 0 aliphatic carbocycles. The van der Waals surface area contributed by atoms with Gasteiger partial charge >= 0.3 is 0 Å². The molecular weight excluding hydrogens is 230 g/mol. The molecule has 3 N–H and O–H groups in total. The number of aromatic nitrogens is 2. The zero-order chi connectivity index (χ0) is 11.7. The molecule has 0 atom stereocenters. The summed E-state index contributed by atoms with van der Waals surface area (Å²) in [5.41, 5.74) is 5.47. The van der Waals surface area contributed by atoms with E-state index < -0.39 is 5.56 Å². The SMILES string of the molecule is Nc1cnn(-c2cccc(O)c2)c(=O)c1Cl. The number of hydrogen-bond acceptors (Lipinski definition) is 4. The van der Waals surface area contributed by atoms with E-state index in [9.17, 15) is 9.90 Å². The van der Waals surface area contributed by atoms with Gasteiger partial charge in [-0.1, -0.05) is 17.7 Å². The summed E-state index contributed by atoms with van der Waals surface area (Å²) < 4.78 is 1.07. The van der Waals surface area contributed by atoms with Crippen molar-refractivity contribution in [3.63, 3.8) is 0 Å². The molecule has 0 saturated carbocycles. The lowest BCUT2D eigenvalue weighted by Crippen LogP contribution is -2.22. The Bertz CT molecular complexity index is 595. The minimum atomic E-state index is -0.521. The van der Waals surface area contributed by atoms with Crippen molar-refractivity contribution in [3.8, 4) is 11.4 Å². The van der Waals surface area contributed by atoms with Crippen LogP contribution in [0.1, 0.15) is 0 Å². The van der Waals surface area contributed by atoms with E-state index in [2.05, 4.69) is 5.10 Å². The van der Waals surface area contributed by atoms with Crippen molar-refractivity contribution in [1.29, 1.82) is 0 Å². The lowest BCUT2D eigenvalue weighted by atomic mass is 10.3. The number of benzene rings is 1. The molecular formula is C10H8ClN3O2. The quantitative estimate of drug-likeness (QED) is 0.780. The topological polar surface area (TPSA) is 81.1 Å². The van der Waals surface area contributed by atoms with Crippen LogP contribution in [0.25, 0.3) is 5.69 Å². The number of rotatable bonds is 1. The Morgan fingerprint density at radius 3 is 2.88 bits per heavy atom. The number of halogens is 1. The summed E-state index contributed by atoms with van der Waals surface area (Å²) in [5, 5.41) is 13.0. The van der Waals surface area contributed by atoms with Gasteiger partial charge in [-0.15, -0.1) is 0 Å². The fraction of sp³-hybridized carbons (Fsp3) is 0. The monoisotopic (exact) mass is 237 g/mol. The summed E-state index contributed by atoms with van der Waals surface area (Å²) in [6.45, 7) is 0. The number of phenolic OH excluding ortho intramolecular Hbond substituents is 1. The molecule has 0 unspecified atom stereocenters. The minimum absolute atomic E-state index is 0.0409. The van der Waals surface area contributed by atoms with Crippen LogP contribution in [0, 0.1) is 0 Å². The predicted octanol–water partition coefficient (Wildman–Crippen LogP) is 1.17. The molecule has 0 radical (unpaired) electrons. The van der Waals surface area contributed by atoms with Crippen LogP contribution in [-0.4, -0.2) is 14.9 Å². The molecule has 5 nitrogen and oxygen atoms in total. The van der Waals surface area contributed by atoms with Crippen LogP contribution in [0.5, 0.6) is 5.75 Å². The van der Waals surface area contributed by atoms with Crippen LogP contribution in [0.3, 0.4) is 0 Å². The van der Waals surface area contributed by atoms with Crippen LogP contribution in [0.2, 0.25) is 5.02 Å². The molecule has 2 aromatic rings. The summed E-state index contributed by atoms with van der Waals surface area (Å²) >= 11 is 5.71. The fourth-order valence-corrected chi connectivity index (χ4v) is 1.38. The van der Waals surface area contributed by atoms with Crippen LogP contribution in [0.4, 0.5) is 5.69 Å². The van der Waals surface area contributed by atoms with E-state index in [1.807, 2.05) is 0 Å². The van der Waals surface area contributed by atoms with Crippen LogP contribution >= 0.6 is 11.6 Å². The molecule has 16 heavy (non-hydrogen) atoms. The molecule has 82 valence electrons. The van der Waals surface area contributed by atoms with E-state index in [4.69, 9.17) is 17.3 Å². The molecule has 1 aromatic heterocycles. The first kappa shape index (κ1) is 10.5. The standard InChI is InChI=1S/C10H8ClN3O2/c11-9-8(12)5-13-14(10(9)16)6-2-1-3-7(15)4-6/h1-5,15H,12H2. The molecule has 0 aliphatic heterocycles. The summed E-state index contributed by atoms with van der Waals surface area (Å²) in [4.78, 5) is 11.7. The van der Waals surface area contributed by atoms with Crippen molar-refractivity contribution in [2.75, 3.05) is 5.73 Å². The molecule has 0 aliphatic rings. The summed E-state index contributed by atoms with van der Waals surface area (Å²) in [5.74, 6) is 0.0409. The third-order valence-corrected chi connectivity index (χ3v) is 2.40. The number of anilines is 1. The first-order chi connectivity index (χ1) is 7.59. The van der Waals surface area contributed by atoms with Crippen molar-refractivity contribution >= 4 is 17.3 Å². The second-order valence-electron chi connectivity index (χ2n) is 3.15. The Hall–Kier alpha value is -2.01. The summed E-state index contributed by atoms with van der Waals surface area (Å²) in [7, 11) is 0. The van der Waals surface area contributed by atoms with E-state index in [-0.39, 0.29) is 16.5 Å². The third kappa shape index (κ3) is 1.72.